The fourth-order valence-corrected chi connectivity index (χ4v) is 3.66. The molecule has 2 atom stereocenters. The summed E-state index contributed by atoms with van der Waals surface area (Å²) in [5.74, 6) is -0.831. The topological polar surface area (TPSA) is 43.4 Å². The van der Waals surface area contributed by atoms with Crippen molar-refractivity contribution in [2.24, 2.45) is 11.3 Å². The monoisotopic (exact) mass is 258 g/mol. The second-order valence-corrected chi connectivity index (χ2v) is 5.87. The molecule has 0 amide bonds. The minimum absolute atomic E-state index is 0.00963. The molecule has 0 aromatic heterocycles. The zero-order valence-electron chi connectivity index (χ0n) is 11.1. The number of aryl methyl sites for hydroxylation is 1. The molecule has 1 aromatic rings. The smallest absolute Gasteiger partial charge is 0.316 e. The van der Waals surface area contributed by atoms with Crippen LogP contribution in [-0.2, 0) is 27.2 Å². The van der Waals surface area contributed by atoms with Gasteiger partial charge in [0.25, 0.3) is 0 Å². The largest absolute Gasteiger partial charge is 0.468 e. The normalized spacial score (nSPS) is 29.3. The Bertz CT molecular complexity index is 535. The van der Waals surface area contributed by atoms with Gasteiger partial charge in [0, 0.05) is 6.42 Å². The summed E-state index contributed by atoms with van der Waals surface area (Å²) in [6, 6.07) is 8.42. The van der Waals surface area contributed by atoms with Crippen LogP contribution in [0.3, 0.4) is 0 Å². The van der Waals surface area contributed by atoms with Gasteiger partial charge in [-0.1, -0.05) is 24.3 Å². The molecule has 0 bridgehead atoms. The molecule has 0 aliphatic heterocycles. The van der Waals surface area contributed by atoms with E-state index in [1.165, 1.54) is 18.2 Å². The lowest BCUT2D eigenvalue weighted by Gasteiger charge is -2.34. The van der Waals surface area contributed by atoms with E-state index >= 15 is 0 Å². The molecule has 2 aliphatic carbocycles. The van der Waals surface area contributed by atoms with E-state index in [1.54, 1.807) is 0 Å². The minimum Gasteiger partial charge on any atom is -0.468 e. The van der Waals surface area contributed by atoms with E-state index in [0.717, 1.165) is 19.3 Å². The van der Waals surface area contributed by atoms with Gasteiger partial charge in [0.2, 0.25) is 0 Å². The predicted octanol–water partition coefficient (Wildman–Crippen LogP) is 2.31. The fraction of sp³-hybridized carbons (Fsp3) is 0.500. The van der Waals surface area contributed by atoms with Crippen LogP contribution in [0.5, 0.6) is 0 Å². The highest BCUT2D eigenvalue weighted by Gasteiger charge is 2.48. The summed E-state index contributed by atoms with van der Waals surface area (Å²) < 4.78 is 4.75. The fourth-order valence-electron chi connectivity index (χ4n) is 3.66. The number of rotatable bonds is 1. The van der Waals surface area contributed by atoms with Crippen LogP contribution in [0.4, 0.5) is 0 Å². The van der Waals surface area contributed by atoms with E-state index in [2.05, 4.69) is 18.2 Å². The molecule has 3 heteroatoms. The number of methoxy groups -OCH3 is 1. The zero-order valence-corrected chi connectivity index (χ0v) is 11.1. The molecule has 0 saturated heterocycles. The highest BCUT2D eigenvalue weighted by atomic mass is 16.5. The zero-order chi connectivity index (χ0) is 13.5. The number of carbonyl (C=O) groups excluding carboxylic acids is 2. The van der Waals surface area contributed by atoms with Crippen LogP contribution in [0.25, 0.3) is 0 Å². The maximum Gasteiger partial charge on any atom is 0.316 e. The molecule has 1 spiro atoms. The van der Waals surface area contributed by atoms with Crippen LogP contribution in [0.1, 0.15) is 30.4 Å². The van der Waals surface area contributed by atoms with E-state index < -0.39 is 5.92 Å². The highest BCUT2D eigenvalue weighted by molar-refractivity contribution is 6.01. The van der Waals surface area contributed by atoms with Gasteiger partial charge in [-0.15, -0.1) is 0 Å². The van der Waals surface area contributed by atoms with Gasteiger partial charge in [0.1, 0.15) is 11.7 Å². The first-order chi connectivity index (χ1) is 9.13. The lowest BCUT2D eigenvalue weighted by Crippen LogP contribution is -2.27. The molecule has 3 nitrogen and oxygen atoms in total. The van der Waals surface area contributed by atoms with Crippen LogP contribution in [0.15, 0.2) is 24.3 Å². The number of Topliss-reactive ketones (excluding diaryl/α,β-unsaturated/α-hetero) is 1. The van der Waals surface area contributed by atoms with Crippen LogP contribution >= 0.6 is 0 Å². The van der Waals surface area contributed by atoms with Crippen molar-refractivity contribution >= 4 is 11.8 Å². The Kier molecular flexibility index (Phi) is 2.92. The standard InChI is InChI=1S/C16H18O3/c1-19-15(18)13-9-16(10-14(13)17)7-6-11-4-2-3-5-12(11)8-16/h2-5,13H,6-10H2,1H3/t13?,16-/m1/s1. The van der Waals surface area contributed by atoms with Crippen molar-refractivity contribution in [2.45, 2.75) is 32.1 Å². The molecule has 19 heavy (non-hydrogen) atoms. The van der Waals surface area contributed by atoms with Crippen molar-refractivity contribution in [3.05, 3.63) is 35.4 Å². The molecule has 1 fully saturated rings. The number of carbonyl (C=O) groups is 2. The van der Waals surface area contributed by atoms with Crippen LogP contribution in [0, 0.1) is 11.3 Å². The average molecular weight is 258 g/mol. The Morgan fingerprint density at radius 3 is 2.74 bits per heavy atom. The third-order valence-electron chi connectivity index (χ3n) is 4.67. The van der Waals surface area contributed by atoms with Gasteiger partial charge in [0.05, 0.1) is 7.11 Å². The quantitative estimate of drug-likeness (QED) is 0.573. The van der Waals surface area contributed by atoms with Gasteiger partial charge in [-0.2, -0.15) is 0 Å². The molecule has 0 N–H and O–H groups in total. The van der Waals surface area contributed by atoms with Crippen molar-refractivity contribution in [3.8, 4) is 0 Å². The first-order valence-electron chi connectivity index (χ1n) is 6.81. The molecule has 2 aliphatic rings. The second-order valence-electron chi connectivity index (χ2n) is 5.87. The molecular formula is C16H18O3. The van der Waals surface area contributed by atoms with Crippen LogP contribution in [0.2, 0.25) is 0 Å². The molecule has 1 unspecified atom stereocenters. The summed E-state index contributed by atoms with van der Waals surface area (Å²) in [6.45, 7) is 0. The van der Waals surface area contributed by atoms with Gasteiger partial charge in [-0.05, 0) is 42.2 Å². The van der Waals surface area contributed by atoms with Crippen molar-refractivity contribution in [1.29, 1.82) is 0 Å². The average Bonchev–Trinajstić information content (AvgIpc) is 2.74. The number of esters is 1. The molecular weight excluding hydrogens is 240 g/mol. The Morgan fingerprint density at radius 2 is 2.00 bits per heavy atom. The molecule has 1 aromatic carbocycles. The maximum atomic E-state index is 12.1. The van der Waals surface area contributed by atoms with E-state index in [0.29, 0.717) is 12.8 Å². The van der Waals surface area contributed by atoms with E-state index in [4.69, 9.17) is 4.74 Å². The third-order valence-corrected chi connectivity index (χ3v) is 4.67. The SMILES string of the molecule is COC(=O)C1C[C@]2(CCc3ccccc3C2)CC1=O. The van der Waals surface area contributed by atoms with Gasteiger partial charge in [-0.3, -0.25) is 9.59 Å². The Labute approximate surface area is 113 Å². The number of ether oxygens (including phenoxy) is 1. The maximum absolute atomic E-state index is 12.1. The van der Waals surface area contributed by atoms with Crippen molar-refractivity contribution < 1.29 is 14.3 Å². The number of hydrogen-bond acceptors (Lipinski definition) is 3. The molecule has 3 rings (SSSR count). The van der Waals surface area contributed by atoms with Gasteiger partial charge < -0.3 is 4.74 Å². The van der Waals surface area contributed by atoms with Gasteiger partial charge in [0.15, 0.2) is 0 Å². The molecule has 100 valence electrons. The number of hydrogen-bond donors (Lipinski definition) is 0. The Balaban J connectivity index is 1.84. The third kappa shape index (κ3) is 2.07. The van der Waals surface area contributed by atoms with Crippen LogP contribution in [-0.4, -0.2) is 18.9 Å². The van der Waals surface area contributed by atoms with Gasteiger partial charge >= 0.3 is 5.97 Å². The number of benzene rings is 1. The first-order valence-corrected chi connectivity index (χ1v) is 6.81. The van der Waals surface area contributed by atoms with E-state index in [-0.39, 0.29) is 17.2 Å². The lowest BCUT2D eigenvalue weighted by molar-refractivity contribution is -0.148. The highest BCUT2D eigenvalue weighted by Crippen LogP contribution is 2.48. The first kappa shape index (κ1) is 12.4. The summed E-state index contributed by atoms with van der Waals surface area (Å²) in [5.41, 5.74) is 2.72. The van der Waals surface area contributed by atoms with E-state index in [9.17, 15) is 9.59 Å². The summed E-state index contributed by atoms with van der Waals surface area (Å²) in [7, 11) is 1.36. The summed E-state index contributed by atoms with van der Waals surface area (Å²) >= 11 is 0. The Hall–Kier alpha value is -1.64. The van der Waals surface area contributed by atoms with Crippen molar-refractivity contribution in [1.82, 2.24) is 0 Å². The lowest BCUT2D eigenvalue weighted by atomic mass is 9.70. The molecule has 0 heterocycles. The summed E-state index contributed by atoms with van der Waals surface area (Å²) in [4.78, 5) is 23.7. The van der Waals surface area contributed by atoms with Crippen molar-refractivity contribution in [3.63, 3.8) is 0 Å². The van der Waals surface area contributed by atoms with Gasteiger partial charge in [-0.25, -0.2) is 0 Å². The molecule has 0 radical (unpaired) electrons. The van der Waals surface area contributed by atoms with E-state index in [1.807, 2.05) is 6.07 Å². The van der Waals surface area contributed by atoms with Crippen LogP contribution < -0.4 is 0 Å². The predicted molar refractivity (Wildman–Crippen MR) is 70.6 cm³/mol. The number of ketones is 1. The van der Waals surface area contributed by atoms with Crippen molar-refractivity contribution in [2.75, 3.05) is 7.11 Å². The summed E-state index contributed by atoms with van der Waals surface area (Å²) in [5, 5.41) is 0. The Morgan fingerprint density at radius 1 is 1.26 bits per heavy atom. The summed E-state index contributed by atoms with van der Waals surface area (Å²) in [6.07, 6.45) is 4.12. The number of fused-ring (bicyclic) bond motifs is 1. The second kappa shape index (κ2) is 4.48. The molecule has 1 saturated carbocycles. The minimum atomic E-state index is -0.532.